The summed E-state index contributed by atoms with van der Waals surface area (Å²) in [6, 6.07) is 20.0. The van der Waals surface area contributed by atoms with Gasteiger partial charge in [-0.15, -0.1) is 0 Å². The Hall–Kier alpha value is -2.08. The predicted octanol–water partition coefficient (Wildman–Crippen LogP) is 5.95. The van der Waals surface area contributed by atoms with Gasteiger partial charge in [-0.3, -0.25) is 0 Å². The standard InChI is InChI=1S/C20H18/c1-2-7-15(8-3-1)19-12-6-11-18-13-16-9-4-5-10-17(16)14-20(18)19/h4-7,9-14H,1-3,8H2. The van der Waals surface area contributed by atoms with Crippen molar-refractivity contribution in [1.82, 2.24) is 0 Å². The van der Waals surface area contributed by atoms with Gasteiger partial charge < -0.3 is 0 Å². The maximum atomic E-state index is 2.44. The second kappa shape index (κ2) is 4.79. The first-order chi connectivity index (χ1) is 9.92. The van der Waals surface area contributed by atoms with Crippen LogP contribution in [0.5, 0.6) is 0 Å². The van der Waals surface area contributed by atoms with E-state index in [1.807, 2.05) is 0 Å². The van der Waals surface area contributed by atoms with Crippen molar-refractivity contribution < 1.29 is 0 Å². The van der Waals surface area contributed by atoms with Crippen LogP contribution in [-0.2, 0) is 0 Å². The first-order valence-corrected chi connectivity index (χ1v) is 7.53. The maximum absolute atomic E-state index is 2.44. The molecule has 0 atom stereocenters. The highest BCUT2D eigenvalue weighted by molar-refractivity contribution is 6.03. The summed E-state index contributed by atoms with van der Waals surface area (Å²) in [7, 11) is 0. The summed E-state index contributed by atoms with van der Waals surface area (Å²) >= 11 is 0. The molecule has 4 rings (SSSR count). The number of allylic oxidation sites excluding steroid dienone is 2. The third-order valence-corrected chi connectivity index (χ3v) is 4.38. The van der Waals surface area contributed by atoms with Gasteiger partial charge in [-0.05, 0) is 70.5 Å². The number of rotatable bonds is 1. The van der Waals surface area contributed by atoms with Gasteiger partial charge in [0.25, 0.3) is 0 Å². The van der Waals surface area contributed by atoms with Crippen molar-refractivity contribution >= 4 is 27.1 Å². The van der Waals surface area contributed by atoms with E-state index in [0.717, 1.165) is 0 Å². The number of fused-ring (bicyclic) bond motifs is 2. The highest BCUT2D eigenvalue weighted by Crippen LogP contribution is 2.33. The molecule has 3 aromatic carbocycles. The van der Waals surface area contributed by atoms with Crippen molar-refractivity contribution in [2.75, 3.05) is 0 Å². The molecule has 0 heteroatoms. The lowest BCUT2D eigenvalue weighted by atomic mass is 9.89. The summed E-state index contributed by atoms with van der Waals surface area (Å²) in [5.74, 6) is 0. The molecular weight excluding hydrogens is 240 g/mol. The average Bonchev–Trinajstić information content (AvgIpc) is 2.53. The first-order valence-electron chi connectivity index (χ1n) is 7.53. The molecule has 0 aromatic heterocycles. The van der Waals surface area contributed by atoms with Crippen molar-refractivity contribution in [3.8, 4) is 0 Å². The van der Waals surface area contributed by atoms with E-state index in [1.165, 1.54) is 58.4 Å². The molecule has 0 nitrogen and oxygen atoms in total. The normalized spacial score (nSPS) is 15.5. The van der Waals surface area contributed by atoms with Crippen LogP contribution in [0.25, 0.3) is 27.1 Å². The van der Waals surface area contributed by atoms with Gasteiger partial charge in [0.15, 0.2) is 0 Å². The molecule has 20 heavy (non-hydrogen) atoms. The van der Waals surface area contributed by atoms with Crippen molar-refractivity contribution in [3.05, 3.63) is 66.2 Å². The van der Waals surface area contributed by atoms with Crippen LogP contribution in [0.1, 0.15) is 31.2 Å². The third-order valence-electron chi connectivity index (χ3n) is 4.38. The van der Waals surface area contributed by atoms with Crippen LogP contribution in [0, 0.1) is 0 Å². The molecule has 0 spiro atoms. The minimum Gasteiger partial charge on any atom is -0.0807 e. The van der Waals surface area contributed by atoms with E-state index in [0.29, 0.717) is 0 Å². The van der Waals surface area contributed by atoms with E-state index in [2.05, 4.69) is 60.7 Å². The topological polar surface area (TPSA) is 0 Å². The van der Waals surface area contributed by atoms with Crippen LogP contribution in [-0.4, -0.2) is 0 Å². The van der Waals surface area contributed by atoms with Gasteiger partial charge in [0.05, 0.1) is 0 Å². The lowest BCUT2D eigenvalue weighted by Crippen LogP contribution is -1.93. The predicted molar refractivity (Wildman–Crippen MR) is 87.9 cm³/mol. The van der Waals surface area contributed by atoms with Crippen LogP contribution >= 0.6 is 0 Å². The molecule has 0 heterocycles. The summed E-state index contributed by atoms with van der Waals surface area (Å²) in [4.78, 5) is 0. The molecule has 0 unspecified atom stereocenters. The van der Waals surface area contributed by atoms with Crippen LogP contribution in [0.15, 0.2) is 60.7 Å². The fourth-order valence-electron chi connectivity index (χ4n) is 3.33. The molecule has 1 aliphatic rings. The highest BCUT2D eigenvalue weighted by Gasteiger charge is 2.10. The molecular formula is C20H18. The van der Waals surface area contributed by atoms with Gasteiger partial charge >= 0.3 is 0 Å². The minimum absolute atomic E-state index is 1.23. The largest absolute Gasteiger partial charge is 0.0807 e. The quantitative estimate of drug-likeness (QED) is 0.473. The SMILES string of the molecule is C1=C(c2cccc3cc4ccccc4cc23)CCCC1. The first kappa shape index (κ1) is 11.7. The van der Waals surface area contributed by atoms with Crippen molar-refractivity contribution in [3.63, 3.8) is 0 Å². The summed E-state index contributed by atoms with van der Waals surface area (Å²) in [5.41, 5.74) is 2.98. The van der Waals surface area contributed by atoms with Gasteiger partial charge in [-0.2, -0.15) is 0 Å². The molecule has 0 N–H and O–H groups in total. The molecule has 0 saturated carbocycles. The zero-order valence-electron chi connectivity index (χ0n) is 11.6. The fourth-order valence-corrected chi connectivity index (χ4v) is 3.33. The second-order valence-corrected chi connectivity index (χ2v) is 5.70. The Morgan fingerprint density at radius 3 is 2.30 bits per heavy atom. The Morgan fingerprint density at radius 2 is 1.50 bits per heavy atom. The van der Waals surface area contributed by atoms with E-state index >= 15 is 0 Å². The number of hydrogen-bond acceptors (Lipinski definition) is 0. The van der Waals surface area contributed by atoms with Gasteiger partial charge in [-0.25, -0.2) is 0 Å². The Bertz CT molecular complexity index is 809. The van der Waals surface area contributed by atoms with Gasteiger partial charge in [-0.1, -0.05) is 48.5 Å². The zero-order chi connectivity index (χ0) is 13.4. The van der Waals surface area contributed by atoms with Crippen LogP contribution < -0.4 is 0 Å². The summed E-state index contributed by atoms with van der Waals surface area (Å²) < 4.78 is 0. The summed E-state index contributed by atoms with van der Waals surface area (Å²) in [6.07, 6.45) is 7.58. The summed E-state index contributed by atoms with van der Waals surface area (Å²) in [5, 5.41) is 5.42. The van der Waals surface area contributed by atoms with Crippen LogP contribution in [0.4, 0.5) is 0 Å². The molecule has 0 amide bonds. The summed E-state index contributed by atoms with van der Waals surface area (Å²) in [6.45, 7) is 0. The smallest absolute Gasteiger partial charge is 0.0102 e. The van der Waals surface area contributed by atoms with Crippen molar-refractivity contribution in [2.45, 2.75) is 25.7 Å². The molecule has 98 valence electrons. The molecule has 0 radical (unpaired) electrons. The highest BCUT2D eigenvalue weighted by atomic mass is 14.1. The van der Waals surface area contributed by atoms with E-state index in [4.69, 9.17) is 0 Å². The molecule has 3 aromatic rings. The van der Waals surface area contributed by atoms with Gasteiger partial charge in [0.2, 0.25) is 0 Å². The van der Waals surface area contributed by atoms with Crippen molar-refractivity contribution in [1.29, 1.82) is 0 Å². The van der Waals surface area contributed by atoms with Gasteiger partial charge in [0, 0.05) is 0 Å². The van der Waals surface area contributed by atoms with E-state index in [1.54, 1.807) is 0 Å². The lowest BCUT2D eigenvalue weighted by Gasteiger charge is -2.15. The molecule has 1 aliphatic carbocycles. The van der Waals surface area contributed by atoms with E-state index < -0.39 is 0 Å². The van der Waals surface area contributed by atoms with E-state index in [-0.39, 0.29) is 0 Å². The molecule has 0 aliphatic heterocycles. The Kier molecular flexibility index (Phi) is 2.81. The monoisotopic (exact) mass is 258 g/mol. The average molecular weight is 258 g/mol. The lowest BCUT2D eigenvalue weighted by molar-refractivity contribution is 0.742. The number of benzene rings is 3. The van der Waals surface area contributed by atoms with Crippen molar-refractivity contribution in [2.24, 2.45) is 0 Å². The zero-order valence-corrected chi connectivity index (χ0v) is 11.6. The Balaban J connectivity index is 2.01. The Morgan fingerprint density at radius 1 is 0.700 bits per heavy atom. The minimum atomic E-state index is 1.23. The molecule has 0 saturated heterocycles. The molecule has 0 bridgehead atoms. The Labute approximate surface area is 119 Å². The maximum Gasteiger partial charge on any atom is -0.0102 e. The second-order valence-electron chi connectivity index (χ2n) is 5.70. The van der Waals surface area contributed by atoms with E-state index in [9.17, 15) is 0 Å². The van der Waals surface area contributed by atoms with Crippen LogP contribution in [0.2, 0.25) is 0 Å². The third kappa shape index (κ3) is 1.92. The number of hydrogen-bond donors (Lipinski definition) is 0. The van der Waals surface area contributed by atoms with Crippen LogP contribution in [0.3, 0.4) is 0 Å². The molecule has 0 fully saturated rings. The van der Waals surface area contributed by atoms with Gasteiger partial charge in [0.1, 0.15) is 0 Å². The fraction of sp³-hybridized carbons (Fsp3) is 0.200.